The predicted octanol–water partition coefficient (Wildman–Crippen LogP) is 7.16. The van der Waals surface area contributed by atoms with Crippen molar-refractivity contribution in [1.82, 2.24) is 4.90 Å². The average molecular weight is 753 g/mol. The molecule has 1 fully saturated rings. The van der Waals surface area contributed by atoms with E-state index in [1.165, 1.54) is 22.7 Å². The molecule has 5 aromatic rings. The Bertz CT molecular complexity index is 1950. The molecule has 0 aliphatic carbocycles. The molecule has 1 atom stereocenters. The third-order valence-electron chi connectivity index (χ3n) is 8.18. The van der Waals surface area contributed by atoms with Crippen molar-refractivity contribution in [1.29, 1.82) is 0 Å². The molecule has 0 radical (unpaired) electrons. The number of piperazine rings is 1. The third-order valence-corrected chi connectivity index (χ3v) is 12.7. The van der Waals surface area contributed by atoms with Gasteiger partial charge < -0.3 is 24.6 Å². The highest BCUT2D eigenvalue weighted by atomic mass is 79.9. The molecular formula is C34H30BrN3O6S3. The fourth-order valence-corrected chi connectivity index (χ4v) is 9.44. The van der Waals surface area contributed by atoms with E-state index >= 15 is 0 Å². The number of carbonyl (C=O) groups is 3. The Labute approximate surface area is 291 Å². The van der Waals surface area contributed by atoms with Crippen molar-refractivity contribution < 1.29 is 29.1 Å². The molecule has 1 aliphatic rings. The van der Waals surface area contributed by atoms with Crippen molar-refractivity contribution in [2.75, 3.05) is 41.9 Å². The number of halogens is 1. The first-order valence-corrected chi connectivity index (χ1v) is 18.4. The molecule has 0 bridgehead atoms. The molecule has 0 saturated carbocycles. The van der Waals surface area contributed by atoms with Crippen LogP contribution in [-0.2, 0) is 17.8 Å². The van der Waals surface area contributed by atoms with Crippen LogP contribution >= 0.6 is 38.6 Å². The van der Waals surface area contributed by atoms with Gasteiger partial charge in [0.15, 0.2) is 4.90 Å². The minimum Gasteiger partial charge on any atom is -0.588 e. The highest BCUT2D eigenvalue weighted by Gasteiger charge is 2.30. The topological polar surface area (TPSA) is 124 Å². The highest BCUT2D eigenvalue weighted by Crippen LogP contribution is 2.37. The summed E-state index contributed by atoms with van der Waals surface area (Å²) in [5.41, 5.74) is 3.40. The minimum absolute atomic E-state index is 0.00151. The van der Waals surface area contributed by atoms with Crippen LogP contribution in [0.3, 0.4) is 0 Å². The summed E-state index contributed by atoms with van der Waals surface area (Å²) in [5.74, 6) is -1.98. The summed E-state index contributed by atoms with van der Waals surface area (Å²) in [7, 11) is 0. The maximum atomic E-state index is 14.5. The number of para-hydroxylation sites is 2. The molecule has 9 nitrogen and oxygen atoms in total. The molecule has 2 N–H and O–H groups in total. The Morgan fingerprint density at radius 2 is 1.66 bits per heavy atom. The van der Waals surface area contributed by atoms with Gasteiger partial charge in [-0.15, -0.1) is 22.7 Å². The number of nitrogens with zero attached hydrogens (tertiary/aromatic N) is 3. The largest absolute Gasteiger partial charge is 0.588 e. The van der Waals surface area contributed by atoms with Crippen molar-refractivity contribution in [3.05, 3.63) is 109 Å². The van der Waals surface area contributed by atoms with Crippen LogP contribution in [0.4, 0.5) is 11.4 Å². The standard InChI is InChI=1S/C34H30BrN3O6S3/c1-21-25-20-24(10-11-29(25)46-30(21)34(42)43)47(44)38(14-12-22-6-8-23(9-7-22)33(40)41)28-5-3-2-4-27(28)36-15-17-37(18-16-36)32(39)31-26(35)13-19-45-31/h2-11,13,19-20H,12,14-18H2,1H3,(H,40,41)(H,42,43). The number of carboxylic acids is 2. The van der Waals surface area contributed by atoms with Crippen molar-refractivity contribution in [2.45, 2.75) is 18.2 Å². The number of amides is 1. The van der Waals surface area contributed by atoms with Crippen LogP contribution in [-0.4, -0.2) is 70.2 Å². The quantitative estimate of drug-likeness (QED) is 0.144. The molecule has 1 amide bonds. The first-order valence-electron chi connectivity index (χ1n) is 14.8. The lowest BCUT2D eigenvalue weighted by atomic mass is 10.1. The van der Waals surface area contributed by atoms with Gasteiger partial charge in [-0.25, -0.2) is 9.59 Å². The second-order valence-corrected chi connectivity index (χ2v) is 15.2. The lowest BCUT2D eigenvalue weighted by Crippen LogP contribution is -2.49. The maximum absolute atomic E-state index is 14.5. The van der Waals surface area contributed by atoms with Crippen molar-refractivity contribution in [3.8, 4) is 0 Å². The average Bonchev–Trinajstić information content (AvgIpc) is 3.67. The van der Waals surface area contributed by atoms with E-state index in [9.17, 15) is 29.1 Å². The predicted molar refractivity (Wildman–Crippen MR) is 191 cm³/mol. The van der Waals surface area contributed by atoms with Gasteiger partial charge >= 0.3 is 11.9 Å². The number of benzene rings is 3. The number of anilines is 2. The van der Waals surface area contributed by atoms with Gasteiger partial charge in [0.1, 0.15) is 26.8 Å². The Hall–Kier alpha value is -3.88. The lowest BCUT2D eigenvalue weighted by Gasteiger charge is -2.38. The van der Waals surface area contributed by atoms with Gasteiger partial charge in [-0.2, -0.15) is 4.31 Å². The van der Waals surface area contributed by atoms with E-state index in [0.29, 0.717) is 54.5 Å². The first-order chi connectivity index (χ1) is 22.6. The normalized spacial score (nSPS) is 13.9. The van der Waals surface area contributed by atoms with Crippen molar-refractivity contribution >= 4 is 89.3 Å². The molecular weight excluding hydrogens is 722 g/mol. The molecule has 242 valence electrons. The Balaban J connectivity index is 1.30. The summed E-state index contributed by atoms with van der Waals surface area (Å²) in [6.07, 6.45) is 0.501. The fourth-order valence-electron chi connectivity index (χ4n) is 5.66. The number of carbonyl (C=O) groups excluding carboxylic acids is 1. The van der Waals surface area contributed by atoms with Gasteiger partial charge in [-0.3, -0.25) is 4.79 Å². The molecule has 3 heterocycles. The lowest BCUT2D eigenvalue weighted by molar-refractivity contribution is 0.0688. The van der Waals surface area contributed by atoms with E-state index in [0.717, 1.165) is 31.5 Å². The van der Waals surface area contributed by atoms with Gasteiger partial charge in [-0.05, 0) is 88.2 Å². The van der Waals surface area contributed by atoms with Crippen molar-refractivity contribution in [2.24, 2.45) is 0 Å². The van der Waals surface area contributed by atoms with Gasteiger partial charge in [0.25, 0.3) is 5.91 Å². The summed E-state index contributed by atoms with van der Waals surface area (Å²) in [6.45, 7) is 4.40. The summed E-state index contributed by atoms with van der Waals surface area (Å²) >= 11 is 4.42. The third kappa shape index (κ3) is 6.90. The summed E-state index contributed by atoms with van der Waals surface area (Å²) in [6, 6.07) is 21.8. The van der Waals surface area contributed by atoms with Gasteiger partial charge in [0.2, 0.25) is 0 Å². The zero-order valence-corrected chi connectivity index (χ0v) is 29.3. The molecule has 47 heavy (non-hydrogen) atoms. The van der Waals surface area contributed by atoms with E-state index in [1.807, 2.05) is 57.0 Å². The molecule has 3 aromatic carbocycles. The van der Waals surface area contributed by atoms with Crippen LogP contribution in [0.15, 0.2) is 87.5 Å². The second kappa shape index (κ2) is 14.1. The van der Waals surface area contributed by atoms with E-state index in [1.54, 1.807) is 37.3 Å². The number of hydrogen-bond acceptors (Lipinski definition) is 8. The summed E-state index contributed by atoms with van der Waals surface area (Å²) in [4.78, 5) is 41.9. The maximum Gasteiger partial charge on any atom is 0.346 e. The molecule has 1 unspecified atom stereocenters. The molecule has 13 heteroatoms. The van der Waals surface area contributed by atoms with E-state index < -0.39 is 23.3 Å². The van der Waals surface area contributed by atoms with Crippen LogP contribution < -0.4 is 9.21 Å². The molecule has 0 spiro atoms. The molecule has 1 aliphatic heterocycles. The highest BCUT2D eigenvalue weighted by molar-refractivity contribution is 9.10. The SMILES string of the molecule is Cc1c(C(=O)O)sc2ccc([S+]([O-])N(CCc3ccc(C(=O)O)cc3)c3ccccc3N3CCN(C(=O)c4sccc4Br)CC3)cc12. The van der Waals surface area contributed by atoms with Gasteiger partial charge in [0, 0.05) is 46.8 Å². The zero-order chi connectivity index (χ0) is 33.2. The van der Waals surface area contributed by atoms with Crippen LogP contribution in [0.25, 0.3) is 10.1 Å². The smallest absolute Gasteiger partial charge is 0.346 e. The minimum atomic E-state index is -1.67. The summed E-state index contributed by atoms with van der Waals surface area (Å²) in [5, 5.41) is 21.6. The zero-order valence-electron chi connectivity index (χ0n) is 25.2. The number of carboxylic acid groups (broad SMARTS) is 2. The number of aryl methyl sites for hydroxylation is 1. The fraction of sp³-hybridized carbons (Fsp3) is 0.206. The Morgan fingerprint density at radius 3 is 2.32 bits per heavy atom. The van der Waals surface area contributed by atoms with Gasteiger partial charge in [-0.1, -0.05) is 24.3 Å². The van der Waals surface area contributed by atoms with E-state index in [-0.39, 0.29) is 16.3 Å². The van der Waals surface area contributed by atoms with Crippen LogP contribution in [0.1, 0.15) is 40.8 Å². The summed E-state index contributed by atoms with van der Waals surface area (Å²) < 4.78 is 18.0. The van der Waals surface area contributed by atoms with Crippen LogP contribution in [0.2, 0.25) is 0 Å². The van der Waals surface area contributed by atoms with Gasteiger partial charge in [0.05, 0.1) is 17.8 Å². The number of fused-ring (bicyclic) bond motifs is 1. The van der Waals surface area contributed by atoms with Crippen molar-refractivity contribution in [3.63, 3.8) is 0 Å². The van der Waals surface area contributed by atoms with Crippen LogP contribution in [0, 0.1) is 6.92 Å². The number of aromatic carboxylic acids is 2. The first kappa shape index (κ1) is 33.0. The second-order valence-electron chi connectivity index (χ2n) is 11.0. The Morgan fingerprint density at radius 1 is 0.936 bits per heavy atom. The Kier molecular flexibility index (Phi) is 9.90. The van der Waals surface area contributed by atoms with E-state index in [4.69, 9.17) is 0 Å². The molecule has 1 saturated heterocycles. The van der Waals surface area contributed by atoms with E-state index in [2.05, 4.69) is 20.8 Å². The number of hydrogen-bond donors (Lipinski definition) is 2. The molecule has 2 aromatic heterocycles. The number of thiophene rings is 2. The van der Waals surface area contributed by atoms with Crippen LogP contribution in [0.5, 0.6) is 0 Å². The number of rotatable bonds is 10. The molecule has 6 rings (SSSR count). The monoisotopic (exact) mass is 751 g/mol.